The number of likely N-dealkylation sites (N-methyl/N-ethyl adjacent to an activating group) is 1. The number of hydrogen-bond acceptors (Lipinski definition) is 4. The van der Waals surface area contributed by atoms with Crippen LogP contribution in [0.15, 0.2) is 0 Å². The van der Waals surface area contributed by atoms with E-state index in [9.17, 15) is 14.7 Å². The Hall–Kier alpha value is -0.940. The number of aliphatic hydroxyl groups is 1. The van der Waals surface area contributed by atoms with Crippen LogP contribution in [-0.4, -0.2) is 55.3 Å². The van der Waals surface area contributed by atoms with Crippen molar-refractivity contribution in [2.45, 2.75) is 19.4 Å². The van der Waals surface area contributed by atoms with Gasteiger partial charge in [0.2, 0.25) is 0 Å². The molecule has 0 spiro atoms. The van der Waals surface area contributed by atoms with Gasteiger partial charge < -0.3 is 14.3 Å². The Morgan fingerprint density at radius 2 is 1.86 bits per heavy atom. The molecule has 0 aliphatic heterocycles. The van der Waals surface area contributed by atoms with Gasteiger partial charge in [-0.1, -0.05) is 0 Å². The molecule has 0 heterocycles. The maximum atomic E-state index is 10.9. The number of nitrogens with zero attached hydrogens (tertiary/aromatic N) is 1. The summed E-state index contributed by atoms with van der Waals surface area (Å²) in [7, 11) is 5.71. The van der Waals surface area contributed by atoms with E-state index in [4.69, 9.17) is 0 Å². The van der Waals surface area contributed by atoms with Crippen molar-refractivity contribution in [1.29, 1.82) is 0 Å². The van der Waals surface area contributed by atoms with E-state index in [1.807, 2.05) is 21.1 Å². The first kappa shape index (κ1) is 13.1. The van der Waals surface area contributed by atoms with Crippen molar-refractivity contribution in [3.05, 3.63) is 0 Å². The van der Waals surface area contributed by atoms with E-state index in [0.717, 1.165) is 6.92 Å². The molecular weight excluding hydrogens is 186 g/mol. The van der Waals surface area contributed by atoms with Gasteiger partial charge in [0.15, 0.2) is 0 Å². The van der Waals surface area contributed by atoms with Crippen LogP contribution < -0.4 is 0 Å². The molecule has 14 heavy (non-hydrogen) atoms. The van der Waals surface area contributed by atoms with Crippen LogP contribution in [0.4, 0.5) is 0 Å². The lowest BCUT2D eigenvalue weighted by molar-refractivity contribution is -0.873. The summed E-state index contributed by atoms with van der Waals surface area (Å²) < 4.78 is 4.84. The lowest BCUT2D eigenvalue weighted by Gasteiger charge is -2.26. The number of carbonyl (C=O) groups is 2. The number of quaternary nitrogens is 1. The summed E-state index contributed by atoms with van der Waals surface area (Å²) >= 11 is 0. The van der Waals surface area contributed by atoms with E-state index < -0.39 is 18.0 Å². The lowest BCUT2D eigenvalue weighted by atomic mass is 10.2. The van der Waals surface area contributed by atoms with Gasteiger partial charge in [0, 0.05) is 6.92 Å². The van der Waals surface area contributed by atoms with Gasteiger partial charge in [0.05, 0.1) is 27.6 Å². The maximum Gasteiger partial charge on any atom is 0.316 e. The van der Waals surface area contributed by atoms with Crippen LogP contribution in [0.5, 0.6) is 0 Å². The summed E-state index contributed by atoms with van der Waals surface area (Å²) in [5.41, 5.74) is 0. The monoisotopic (exact) mass is 204 g/mol. The number of esters is 2. The van der Waals surface area contributed by atoms with Gasteiger partial charge in [-0.2, -0.15) is 0 Å². The normalized spacial score (nSPS) is 13.5. The third-order valence-electron chi connectivity index (χ3n) is 1.42. The largest absolute Gasteiger partial charge is 0.393 e. The van der Waals surface area contributed by atoms with Crippen LogP contribution in [0, 0.1) is 0 Å². The molecule has 1 atom stereocenters. The minimum absolute atomic E-state index is 0.144. The van der Waals surface area contributed by atoms with E-state index >= 15 is 0 Å². The first-order chi connectivity index (χ1) is 6.20. The van der Waals surface area contributed by atoms with Crippen molar-refractivity contribution in [1.82, 2.24) is 0 Å². The Labute approximate surface area is 83.9 Å². The average molecular weight is 204 g/mol. The van der Waals surface area contributed by atoms with Crippen molar-refractivity contribution in [2.24, 2.45) is 0 Å². The second-order valence-electron chi connectivity index (χ2n) is 4.30. The standard InChI is InChI=1S/C9H18NO4/c1-7(11)14-9(13)5-8(12)6-10(2,3)4/h8,12H,5-6H2,1-4H3/q+1/t8-/m0/s1. The van der Waals surface area contributed by atoms with Crippen LogP contribution in [0.1, 0.15) is 13.3 Å². The highest BCUT2D eigenvalue weighted by atomic mass is 16.6. The van der Waals surface area contributed by atoms with E-state index in [0.29, 0.717) is 11.0 Å². The molecule has 5 heteroatoms. The quantitative estimate of drug-likeness (QED) is 0.382. The van der Waals surface area contributed by atoms with E-state index in [-0.39, 0.29) is 6.42 Å². The van der Waals surface area contributed by atoms with Gasteiger partial charge in [-0.25, -0.2) is 0 Å². The zero-order chi connectivity index (χ0) is 11.4. The summed E-state index contributed by atoms with van der Waals surface area (Å²) in [5, 5.41) is 9.44. The fourth-order valence-electron chi connectivity index (χ4n) is 1.09. The molecule has 0 unspecified atom stereocenters. The zero-order valence-corrected chi connectivity index (χ0v) is 9.11. The molecule has 0 aliphatic carbocycles. The highest BCUT2D eigenvalue weighted by molar-refractivity contribution is 5.84. The molecule has 0 radical (unpaired) electrons. The highest BCUT2D eigenvalue weighted by Crippen LogP contribution is 2.00. The minimum Gasteiger partial charge on any atom is -0.393 e. The van der Waals surface area contributed by atoms with Crippen LogP contribution in [0.25, 0.3) is 0 Å². The smallest absolute Gasteiger partial charge is 0.316 e. The van der Waals surface area contributed by atoms with Crippen molar-refractivity contribution in [3.63, 3.8) is 0 Å². The number of hydrogen-bond donors (Lipinski definition) is 1. The average Bonchev–Trinajstić information content (AvgIpc) is 1.77. The first-order valence-corrected chi connectivity index (χ1v) is 4.40. The SMILES string of the molecule is CC(=O)OC(=O)C[C@H](O)C[N+](C)(C)C. The van der Waals surface area contributed by atoms with Crippen LogP contribution in [0.3, 0.4) is 0 Å². The van der Waals surface area contributed by atoms with Gasteiger partial charge in [-0.15, -0.1) is 0 Å². The minimum atomic E-state index is -0.776. The second kappa shape index (κ2) is 5.07. The Morgan fingerprint density at radius 3 is 2.21 bits per heavy atom. The van der Waals surface area contributed by atoms with Crippen LogP contribution in [-0.2, 0) is 14.3 Å². The fourth-order valence-corrected chi connectivity index (χ4v) is 1.09. The first-order valence-electron chi connectivity index (χ1n) is 4.40. The summed E-state index contributed by atoms with van der Waals surface area (Å²) in [6, 6.07) is 0. The molecular formula is C9H18NO4+. The van der Waals surface area contributed by atoms with Gasteiger partial charge in [-0.3, -0.25) is 9.59 Å². The Morgan fingerprint density at radius 1 is 1.36 bits per heavy atom. The number of rotatable bonds is 4. The predicted octanol–water partition coefficient (Wildman–Crippen LogP) is -0.467. The Kier molecular flexibility index (Phi) is 4.73. The van der Waals surface area contributed by atoms with Crippen molar-refractivity contribution in [3.8, 4) is 0 Å². The number of carbonyl (C=O) groups excluding carboxylic acids is 2. The molecule has 0 aliphatic rings. The molecule has 82 valence electrons. The van der Waals surface area contributed by atoms with Crippen molar-refractivity contribution in [2.75, 3.05) is 27.7 Å². The van der Waals surface area contributed by atoms with Crippen molar-refractivity contribution >= 4 is 11.9 Å². The molecule has 0 aromatic carbocycles. The van der Waals surface area contributed by atoms with Crippen LogP contribution in [0.2, 0.25) is 0 Å². The molecule has 1 N–H and O–H groups in total. The molecule has 0 aromatic rings. The molecule has 0 rings (SSSR count). The predicted molar refractivity (Wildman–Crippen MR) is 50.3 cm³/mol. The van der Waals surface area contributed by atoms with Gasteiger partial charge in [0.25, 0.3) is 0 Å². The summed E-state index contributed by atoms with van der Waals surface area (Å²) in [4.78, 5) is 21.3. The summed E-state index contributed by atoms with van der Waals surface area (Å²) in [6.07, 6.45) is -0.920. The maximum absolute atomic E-state index is 10.9. The lowest BCUT2D eigenvalue weighted by Crippen LogP contribution is -2.42. The zero-order valence-electron chi connectivity index (χ0n) is 9.11. The molecule has 0 amide bonds. The van der Waals surface area contributed by atoms with Gasteiger partial charge in [0.1, 0.15) is 12.6 Å². The topological polar surface area (TPSA) is 63.6 Å². The third-order valence-corrected chi connectivity index (χ3v) is 1.42. The van der Waals surface area contributed by atoms with E-state index in [1.54, 1.807) is 0 Å². The molecule has 0 aromatic heterocycles. The Balaban J connectivity index is 3.89. The Bertz CT molecular complexity index is 219. The fraction of sp³-hybridized carbons (Fsp3) is 0.778. The molecule has 0 bridgehead atoms. The number of ether oxygens (including phenoxy) is 1. The highest BCUT2D eigenvalue weighted by Gasteiger charge is 2.20. The van der Waals surface area contributed by atoms with Gasteiger partial charge in [-0.05, 0) is 0 Å². The molecule has 5 nitrogen and oxygen atoms in total. The summed E-state index contributed by atoms with van der Waals surface area (Å²) in [5.74, 6) is -1.33. The van der Waals surface area contributed by atoms with Gasteiger partial charge >= 0.3 is 11.9 Å². The third kappa shape index (κ3) is 7.70. The van der Waals surface area contributed by atoms with Crippen molar-refractivity contribution < 1.29 is 23.9 Å². The molecule has 0 fully saturated rings. The van der Waals surface area contributed by atoms with E-state index in [2.05, 4.69) is 4.74 Å². The van der Waals surface area contributed by atoms with Crippen LogP contribution >= 0.6 is 0 Å². The molecule has 0 saturated carbocycles. The second-order valence-corrected chi connectivity index (χ2v) is 4.30. The number of aliphatic hydroxyl groups excluding tert-OH is 1. The summed E-state index contributed by atoms with van der Waals surface area (Å²) in [6.45, 7) is 1.59. The van der Waals surface area contributed by atoms with E-state index in [1.165, 1.54) is 0 Å². The molecule has 0 saturated heterocycles.